The molecule has 0 aliphatic rings. The molecule has 0 spiro atoms. The lowest BCUT2D eigenvalue weighted by atomic mass is 9.96. The smallest absolute Gasteiger partial charge is 0.418 e. The molecule has 18 aromatic rings. The summed E-state index contributed by atoms with van der Waals surface area (Å²) in [5, 5.41) is 8.38. The number of aromatic nitrogens is 6. The number of benzene rings is 12. The molecule has 6 heterocycles. The summed E-state index contributed by atoms with van der Waals surface area (Å²) >= 11 is 0. The molecule has 0 radical (unpaired) electrons. The van der Waals surface area contributed by atoms with Crippen LogP contribution in [0.25, 0.3) is 172 Å². The van der Waals surface area contributed by atoms with E-state index in [1.807, 2.05) is 211 Å². The SMILES string of the molecule is FC(F)(F)c1ccc(-n2c3ccccc3c3ccccc32)c(-c2nc(-c3ccccc3)nc(-c3cc(-c4cccc(C(F)(F)F)c4-n4c5ccccc5c5c6c(ccc54)oc4ccccc46)ccc3-n3c4ccccc4c4c5c(ccc43)oc3ccccc35)n2)c1. The standard InChI is InChI=1S/C77H42F6N6O2/c78-76(79,80)45-34-36-61(87-56-27-10-4-19-47(56)48-20-5-11-28-57(48)87)54(42-45)75-85-73(43-17-2-1-3-18-43)84-74(86-75)53-41-44(33-35-60(53)88-58-29-12-6-21-49(58)68-62(88)37-39-66-70(68)51-23-8-14-31-64(51)90-66)46-25-16-26-55(77(81,82)83)72(46)89-59-30-13-7-22-50(59)69-63(89)38-40-67-71(69)52-24-9-15-32-65(52)91-67/h1-42H. The summed E-state index contributed by atoms with van der Waals surface area (Å²) in [5.41, 5.74) is 7.14. The average Bonchev–Trinajstić information content (AvgIpc) is 1.59. The van der Waals surface area contributed by atoms with E-state index in [1.54, 1.807) is 22.8 Å². The van der Waals surface area contributed by atoms with Crippen molar-refractivity contribution in [3.63, 3.8) is 0 Å². The van der Waals surface area contributed by atoms with Crippen molar-refractivity contribution in [2.45, 2.75) is 12.4 Å². The lowest BCUT2D eigenvalue weighted by Crippen LogP contribution is -2.12. The zero-order valence-electron chi connectivity index (χ0n) is 47.5. The molecule has 8 nitrogen and oxygen atoms in total. The van der Waals surface area contributed by atoms with E-state index in [-0.39, 0.29) is 34.3 Å². The van der Waals surface area contributed by atoms with Crippen molar-refractivity contribution in [3.8, 4) is 62.4 Å². The second-order valence-electron chi connectivity index (χ2n) is 22.8. The molecule has 0 unspecified atom stereocenters. The minimum Gasteiger partial charge on any atom is -0.456 e. The molecule has 12 aromatic carbocycles. The molecule has 0 aliphatic heterocycles. The van der Waals surface area contributed by atoms with Crippen molar-refractivity contribution in [1.29, 1.82) is 0 Å². The lowest BCUT2D eigenvalue weighted by molar-refractivity contribution is -0.138. The van der Waals surface area contributed by atoms with E-state index < -0.39 is 23.5 Å². The highest BCUT2D eigenvalue weighted by Gasteiger charge is 2.37. The molecule has 434 valence electrons. The number of para-hydroxylation sites is 7. The van der Waals surface area contributed by atoms with Gasteiger partial charge in [-0.15, -0.1) is 0 Å². The van der Waals surface area contributed by atoms with E-state index >= 15 is 26.3 Å². The van der Waals surface area contributed by atoms with Gasteiger partial charge in [-0.3, -0.25) is 0 Å². The third-order valence-corrected chi connectivity index (χ3v) is 17.8. The fourth-order valence-corrected chi connectivity index (χ4v) is 14.0. The number of fused-ring (bicyclic) bond motifs is 17. The predicted octanol–water partition coefficient (Wildman–Crippen LogP) is 21.7. The molecule has 0 fully saturated rings. The van der Waals surface area contributed by atoms with Crippen molar-refractivity contribution < 1.29 is 35.2 Å². The number of alkyl halides is 6. The normalized spacial score (nSPS) is 12.5. The Morgan fingerprint density at radius 3 is 1.30 bits per heavy atom. The van der Waals surface area contributed by atoms with Crippen molar-refractivity contribution in [1.82, 2.24) is 28.7 Å². The van der Waals surface area contributed by atoms with E-state index in [0.717, 1.165) is 94.1 Å². The highest BCUT2D eigenvalue weighted by atomic mass is 19.4. The molecule has 0 saturated carbocycles. The second kappa shape index (κ2) is 19.4. The maximum absolute atomic E-state index is 16.3. The quantitative estimate of drug-likeness (QED) is 0.149. The number of hydrogen-bond donors (Lipinski definition) is 0. The fraction of sp³-hybridized carbons (Fsp3) is 0.0260. The van der Waals surface area contributed by atoms with Crippen LogP contribution in [0.15, 0.2) is 264 Å². The van der Waals surface area contributed by atoms with E-state index in [0.29, 0.717) is 61.4 Å². The zero-order valence-corrected chi connectivity index (χ0v) is 47.5. The Hall–Kier alpha value is -11.8. The van der Waals surface area contributed by atoms with Gasteiger partial charge in [0.05, 0.1) is 61.3 Å². The summed E-state index contributed by atoms with van der Waals surface area (Å²) in [6.07, 6.45) is -9.65. The molecule has 0 N–H and O–H groups in total. The summed E-state index contributed by atoms with van der Waals surface area (Å²) in [5.74, 6) is 0.0891. The first-order chi connectivity index (χ1) is 44.4. The van der Waals surface area contributed by atoms with Crippen LogP contribution >= 0.6 is 0 Å². The summed E-state index contributed by atoms with van der Waals surface area (Å²) in [7, 11) is 0. The predicted molar refractivity (Wildman–Crippen MR) is 349 cm³/mol. The van der Waals surface area contributed by atoms with Crippen molar-refractivity contribution in [2.24, 2.45) is 0 Å². The maximum atomic E-state index is 16.3. The van der Waals surface area contributed by atoms with Crippen LogP contribution in [0.4, 0.5) is 26.3 Å². The van der Waals surface area contributed by atoms with Crippen LogP contribution in [0.2, 0.25) is 0 Å². The molecular weight excluding hydrogens is 1150 g/mol. The van der Waals surface area contributed by atoms with E-state index in [9.17, 15) is 0 Å². The third kappa shape index (κ3) is 7.88. The number of nitrogens with zero attached hydrogens (tertiary/aromatic N) is 6. The van der Waals surface area contributed by atoms with Crippen LogP contribution in [0.1, 0.15) is 11.1 Å². The van der Waals surface area contributed by atoms with Crippen LogP contribution in [-0.2, 0) is 12.4 Å². The maximum Gasteiger partial charge on any atom is 0.418 e. The van der Waals surface area contributed by atoms with Gasteiger partial charge < -0.3 is 22.5 Å². The van der Waals surface area contributed by atoms with Gasteiger partial charge in [0.1, 0.15) is 22.3 Å². The molecule has 0 bridgehead atoms. The first-order valence-electron chi connectivity index (χ1n) is 29.5. The molecule has 91 heavy (non-hydrogen) atoms. The minimum atomic E-state index is -4.86. The van der Waals surface area contributed by atoms with Gasteiger partial charge in [0.15, 0.2) is 17.5 Å². The molecule has 18 rings (SSSR count). The Labute approximate surface area is 511 Å². The van der Waals surface area contributed by atoms with E-state index in [1.165, 1.54) is 12.1 Å². The number of halogens is 6. The Kier molecular flexibility index (Phi) is 11.1. The summed E-state index contributed by atoms with van der Waals surface area (Å²) in [4.78, 5) is 15.7. The topological polar surface area (TPSA) is 79.7 Å². The summed E-state index contributed by atoms with van der Waals surface area (Å²) in [6.45, 7) is 0. The Morgan fingerprint density at radius 1 is 0.286 bits per heavy atom. The van der Waals surface area contributed by atoms with Gasteiger partial charge in [-0.2, -0.15) is 26.3 Å². The van der Waals surface area contributed by atoms with Crippen LogP contribution < -0.4 is 0 Å². The highest BCUT2D eigenvalue weighted by Crippen LogP contribution is 2.49. The van der Waals surface area contributed by atoms with Gasteiger partial charge in [0.2, 0.25) is 0 Å². The Bertz CT molecular complexity index is 6030. The van der Waals surface area contributed by atoms with Crippen molar-refractivity contribution in [3.05, 3.63) is 266 Å². The molecule has 0 saturated heterocycles. The molecule has 14 heteroatoms. The van der Waals surface area contributed by atoms with Gasteiger partial charge in [-0.1, -0.05) is 158 Å². The summed E-state index contributed by atoms with van der Waals surface area (Å²) < 4.78 is 114. The van der Waals surface area contributed by atoms with Crippen LogP contribution in [-0.4, -0.2) is 28.7 Å². The molecular formula is C77H42F6N6O2. The fourth-order valence-electron chi connectivity index (χ4n) is 14.0. The first-order valence-corrected chi connectivity index (χ1v) is 29.5. The van der Waals surface area contributed by atoms with E-state index in [2.05, 4.69) is 4.57 Å². The van der Waals surface area contributed by atoms with Gasteiger partial charge in [-0.05, 0) is 103 Å². The minimum absolute atomic E-state index is 0.0340. The Balaban J connectivity index is 0.969. The number of hydrogen-bond acceptors (Lipinski definition) is 5. The highest BCUT2D eigenvalue weighted by molar-refractivity contribution is 6.29. The van der Waals surface area contributed by atoms with Gasteiger partial charge in [0, 0.05) is 76.1 Å². The zero-order chi connectivity index (χ0) is 61.0. The van der Waals surface area contributed by atoms with Gasteiger partial charge in [0.25, 0.3) is 0 Å². The summed E-state index contributed by atoms with van der Waals surface area (Å²) in [6, 6.07) is 76.2. The lowest BCUT2D eigenvalue weighted by Gasteiger charge is -2.21. The molecule has 0 amide bonds. The van der Waals surface area contributed by atoms with Crippen molar-refractivity contribution >= 4 is 109 Å². The number of rotatable bonds is 7. The average molecular weight is 1200 g/mol. The van der Waals surface area contributed by atoms with Gasteiger partial charge >= 0.3 is 12.4 Å². The second-order valence-corrected chi connectivity index (χ2v) is 22.8. The molecule has 0 atom stereocenters. The first kappa shape index (κ1) is 52.4. The number of furan rings is 2. The van der Waals surface area contributed by atoms with Crippen LogP contribution in [0.3, 0.4) is 0 Å². The molecule has 6 aromatic heterocycles. The third-order valence-electron chi connectivity index (χ3n) is 17.8. The van der Waals surface area contributed by atoms with Crippen LogP contribution in [0, 0.1) is 0 Å². The largest absolute Gasteiger partial charge is 0.456 e. The molecule has 0 aliphatic carbocycles. The van der Waals surface area contributed by atoms with Crippen molar-refractivity contribution in [2.75, 3.05) is 0 Å². The van der Waals surface area contributed by atoms with E-state index in [4.69, 9.17) is 23.8 Å². The van der Waals surface area contributed by atoms with Crippen LogP contribution in [0.5, 0.6) is 0 Å². The Morgan fingerprint density at radius 2 is 0.736 bits per heavy atom. The monoisotopic (exact) mass is 1200 g/mol. The van der Waals surface area contributed by atoms with Gasteiger partial charge in [-0.25, -0.2) is 15.0 Å².